The molecule has 1 unspecified atom stereocenters. The SMILES string of the molecule is COc1ccc(N)c(CC(C)N)c1. The molecule has 0 aliphatic rings. The molecule has 4 N–H and O–H groups in total. The molecule has 1 aromatic carbocycles. The Morgan fingerprint density at radius 3 is 2.69 bits per heavy atom. The fourth-order valence-corrected chi connectivity index (χ4v) is 1.23. The number of ether oxygens (including phenoxy) is 1. The van der Waals surface area contributed by atoms with Gasteiger partial charge in [0.15, 0.2) is 0 Å². The van der Waals surface area contributed by atoms with Crippen LogP contribution in [0.15, 0.2) is 18.2 Å². The summed E-state index contributed by atoms with van der Waals surface area (Å²) in [4.78, 5) is 0. The van der Waals surface area contributed by atoms with Gasteiger partial charge in [0.25, 0.3) is 0 Å². The molecule has 3 nitrogen and oxygen atoms in total. The first kappa shape index (κ1) is 9.86. The molecule has 0 heterocycles. The van der Waals surface area contributed by atoms with E-state index in [1.54, 1.807) is 7.11 Å². The first-order chi connectivity index (χ1) is 6.13. The topological polar surface area (TPSA) is 61.3 Å². The van der Waals surface area contributed by atoms with Crippen molar-refractivity contribution >= 4 is 5.69 Å². The third kappa shape index (κ3) is 2.63. The summed E-state index contributed by atoms with van der Waals surface area (Å²) in [5.41, 5.74) is 13.3. The lowest BCUT2D eigenvalue weighted by atomic mass is 10.1. The van der Waals surface area contributed by atoms with Crippen molar-refractivity contribution in [1.29, 1.82) is 0 Å². The van der Waals surface area contributed by atoms with Gasteiger partial charge in [0.1, 0.15) is 5.75 Å². The molecular formula is C10H16N2O. The van der Waals surface area contributed by atoms with Crippen molar-refractivity contribution in [3.63, 3.8) is 0 Å². The smallest absolute Gasteiger partial charge is 0.119 e. The molecular weight excluding hydrogens is 164 g/mol. The second-order valence-electron chi connectivity index (χ2n) is 3.25. The molecule has 0 aliphatic heterocycles. The number of methoxy groups -OCH3 is 1. The van der Waals surface area contributed by atoms with Crippen LogP contribution in [0.4, 0.5) is 5.69 Å². The Kier molecular flexibility index (Phi) is 3.14. The van der Waals surface area contributed by atoms with Crippen LogP contribution in [-0.4, -0.2) is 13.2 Å². The second kappa shape index (κ2) is 4.14. The van der Waals surface area contributed by atoms with Gasteiger partial charge in [-0.2, -0.15) is 0 Å². The summed E-state index contributed by atoms with van der Waals surface area (Å²) >= 11 is 0. The minimum Gasteiger partial charge on any atom is -0.497 e. The molecule has 1 rings (SSSR count). The maximum Gasteiger partial charge on any atom is 0.119 e. The monoisotopic (exact) mass is 180 g/mol. The van der Waals surface area contributed by atoms with E-state index in [-0.39, 0.29) is 6.04 Å². The molecule has 0 spiro atoms. The number of benzene rings is 1. The maximum absolute atomic E-state index is 5.78. The fraction of sp³-hybridized carbons (Fsp3) is 0.400. The van der Waals surface area contributed by atoms with Gasteiger partial charge in [-0.25, -0.2) is 0 Å². The van der Waals surface area contributed by atoms with Gasteiger partial charge in [0, 0.05) is 11.7 Å². The molecule has 1 atom stereocenters. The van der Waals surface area contributed by atoms with Gasteiger partial charge in [0.05, 0.1) is 7.11 Å². The molecule has 0 fully saturated rings. The fourth-order valence-electron chi connectivity index (χ4n) is 1.23. The molecule has 1 aromatic rings. The van der Waals surface area contributed by atoms with Gasteiger partial charge in [-0.1, -0.05) is 0 Å². The number of anilines is 1. The minimum atomic E-state index is 0.120. The third-order valence-corrected chi connectivity index (χ3v) is 1.89. The molecule has 0 saturated carbocycles. The largest absolute Gasteiger partial charge is 0.497 e. The Morgan fingerprint density at radius 1 is 1.46 bits per heavy atom. The zero-order chi connectivity index (χ0) is 9.84. The minimum absolute atomic E-state index is 0.120. The van der Waals surface area contributed by atoms with Crippen LogP contribution in [0.5, 0.6) is 5.75 Å². The van der Waals surface area contributed by atoms with Crippen LogP contribution in [0.3, 0.4) is 0 Å². The van der Waals surface area contributed by atoms with E-state index in [1.165, 1.54) is 0 Å². The van der Waals surface area contributed by atoms with Gasteiger partial charge < -0.3 is 16.2 Å². The molecule has 0 radical (unpaired) electrons. The van der Waals surface area contributed by atoms with Crippen molar-refractivity contribution in [2.45, 2.75) is 19.4 Å². The zero-order valence-electron chi connectivity index (χ0n) is 8.08. The van der Waals surface area contributed by atoms with Crippen LogP contribution in [0.2, 0.25) is 0 Å². The summed E-state index contributed by atoms with van der Waals surface area (Å²) in [6.45, 7) is 1.96. The Balaban J connectivity index is 2.90. The highest BCUT2D eigenvalue weighted by atomic mass is 16.5. The molecule has 13 heavy (non-hydrogen) atoms. The Hall–Kier alpha value is -1.22. The van der Waals surface area contributed by atoms with Crippen molar-refractivity contribution in [2.24, 2.45) is 5.73 Å². The van der Waals surface area contributed by atoms with Gasteiger partial charge in [0.2, 0.25) is 0 Å². The van der Waals surface area contributed by atoms with E-state index in [9.17, 15) is 0 Å². The van der Waals surface area contributed by atoms with Crippen molar-refractivity contribution < 1.29 is 4.74 Å². The molecule has 3 heteroatoms. The molecule has 0 aliphatic carbocycles. The summed E-state index contributed by atoms with van der Waals surface area (Å²) in [6, 6.07) is 5.74. The molecule has 0 amide bonds. The van der Waals surface area contributed by atoms with Crippen LogP contribution >= 0.6 is 0 Å². The molecule has 0 saturated heterocycles. The lowest BCUT2D eigenvalue weighted by Crippen LogP contribution is -2.18. The first-order valence-corrected chi connectivity index (χ1v) is 4.31. The quantitative estimate of drug-likeness (QED) is 0.686. The molecule has 72 valence electrons. The lowest BCUT2D eigenvalue weighted by Gasteiger charge is -2.09. The number of nitrogen functional groups attached to an aromatic ring is 1. The number of rotatable bonds is 3. The van der Waals surface area contributed by atoms with Crippen LogP contribution < -0.4 is 16.2 Å². The van der Waals surface area contributed by atoms with Crippen LogP contribution in [0.1, 0.15) is 12.5 Å². The van der Waals surface area contributed by atoms with Crippen LogP contribution in [0, 0.1) is 0 Å². The number of hydrogen-bond donors (Lipinski definition) is 2. The lowest BCUT2D eigenvalue weighted by molar-refractivity contribution is 0.414. The summed E-state index contributed by atoms with van der Waals surface area (Å²) in [5, 5.41) is 0. The normalized spacial score (nSPS) is 12.5. The van der Waals surface area contributed by atoms with E-state index in [4.69, 9.17) is 16.2 Å². The van der Waals surface area contributed by atoms with Gasteiger partial charge >= 0.3 is 0 Å². The predicted molar refractivity (Wildman–Crippen MR) is 54.8 cm³/mol. The summed E-state index contributed by atoms with van der Waals surface area (Å²) < 4.78 is 5.10. The van der Waals surface area contributed by atoms with E-state index < -0.39 is 0 Å². The average Bonchev–Trinajstić information content (AvgIpc) is 2.08. The van der Waals surface area contributed by atoms with E-state index in [0.717, 1.165) is 23.4 Å². The zero-order valence-corrected chi connectivity index (χ0v) is 8.08. The van der Waals surface area contributed by atoms with E-state index in [0.29, 0.717) is 0 Å². The van der Waals surface area contributed by atoms with Crippen LogP contribution in [0.25, 0.3) is 0 Å². The summed E-state index contributed by atoms with van der Waals surface area (Å²) in [6.07, 6.45) is 0.781. The van der Waals surface area contributed by atoms with Gasteiger partial charge in [-0.3, -0.25) is 0 Å². The standard InChI is InChI=1S/C10H16N2O/c1-7(11)5-8-6-9(13-2)3-4-10(8)12/h3-4,6-7H,5,11-12H2,1-2H3. The van der Waals surface area contributed by atoms with E-state index in [1.807, 2.05) is 25.1 Å². The van der Waals surface area contributed by atoms with E-state index in [2.05, 4.69) is 0 Å². The second-order valence-corrected chi connectivity index (χ2v) is 3.25. The Morgan fingerprint density at radius 2 is 2.15 bits per heavy atom. The summed E-state index contributed by atoms with van der Waals surface area (Å²) in [7, 11) is 1.64. The highest BCUT2D eigenvalue weighted by molar-refractivity contribution is 5.50. The van der Waals surface area contributed by atoms with Crippen molar-refractivity contribution in [2.75, 3.05) is 12.8 Å². The van der Waals surface area contributed by atoms with Crippen molar-refractivity contribution in [3.8, 4) is 5.75 Å². The van der Waals surface area contributed by atoms with Gasteiger partial charge in [-0.05, 0) is 37.1 Å². The average molecular weight is 180 g/mol. The van der Waals surface area contributed by atoms with E-state index >= 15 is 0 Å². The van der Waals surface area contributed by atoms with Gasteiger partial charge in [-0.15, -0.1) is 0 Å². The maximum atomic E-state index is 5.78. The predicted octanol–water partition coefficient (Wildman–Crippen LogP) is 1.17. The number of nitrogens with two attached hydrogens (primary N) is 2. The van der Waals surface area contributed by atoms with Crippen LogP contribution in [-0.2, 0) is 6.42 Å². The van der Waals surface area contributed by atoms with Crippen molar-refractivity contribution in [3.05, 3.63) is 23.8 Å². The highest BCUT2D eigenvalue weighted by Gasteiger charge is 2.03. The summed E-state index contributed by atoms with van der Waals surface area (Å²) in [5.74, 6) is 0.824. The molecule has 0 aromatic heterocycles. The van der Waals surface area contributed by atoms with Crippen molar-refractivity contribution in [1.82, 2.24) is 0 Å². The molecule has 0 bridgehead atoms. The Bertz CT molecular complexity index is 284. The highest BCUT2D eigenvalue weighted by Crippen LogP contribution is 2.20. The third-order valence-electron chi connectivity index (χ3n) is 1.89. The number of hydrogen-bond acceptors (Lipinski definition) is 3. The first-order valence-electron chi connectivity index (χ1n) is 4.31. The Labute approximate surface area is 78.7 Å².